The predicted octanol–water partition coefficient (Wildman–Crippen LogP) is 1.29. The van der Waals surface area contributed by atoms with Gasteiger partial charge in [-0.2, -0.15) is 0 Å². The van der Waals surface area contributed by atoms with Crippen LogP contribution in [0.3, 0.4) is 0 Å². The molecule has 0 amide bonds. The van der Waals surface area contributed by atoms with E-state index in [1.54, 1.807) is 18.5 Å². The van der Waals surface area contributed by atoms with Gasteiger partial charge in [0.2, 0.25) is 6.79 Å². The monoisotopic (exact) mass is 273 g/mol. The molecule has 0 unspecified atom stereocenters. The smallest absolute Gasteiger partial charge is 0.231 e. The molecule has 6 heteroatoms. The Morgan fingerprint density at radius 1 is 1.15 bits per heavy atom. The summed E-state index contributed by atoms with van der Waals surface area (Å²) < 4.78 is 16.5. The Hall–Kier alpha value is -2.34. The molecule has 3 rings (SSSR count). The lowest BCUT2D eigenvalue weighted by Gasteiger charge is -2.11. The van der Waals surface area contributed by atoms with E-state index >= 15 is 0 Å². The molecule has 2 heterocycles. The number of hydrogen-bond acceptors (Lipinski definition) is 6. The molecule has 1 aliphatic heterocycles. The Morgan fingerprint density at radius 2 is 1.90 bits per heavy atom. The van der Waals surface area contributed by atoms with Crippen LogP contribution in [0.15, 0.2) is 30.6 Å². The summed E-state index contributed by atoms with van der Waals surface area (Å²) in [5.74, 6) is 2.78. The molecule has 0 saturated carbocycles. The third kappa shape index (κ3) is 2.65. The van der Waals surface area contributed by atoms with E-state index in [4.69, 9.17) is 19.9 Å². The number of aromatic nitrogens is 2. The molecule has 1 aliphatic rings. The summed E-state index contributed by atoms with van der Waals surface area (Å²) in [7, 11) is 0. The Labute approximate surface area is 116 Å². The zero-order valence-electron chi connectivity index (χ0n) is 10.9. The number of fused-ring (bicyclic) bond motifs is 1. The highest BCUT2D eigenvalue weighted by atomic mass is 16.7. The molecule has 2 aromatic rings. The lowest BCUT2D eigenvalue weighted by molar-refractivity contribution is 0.173. The van der Waals surface area contributed by atoms with Gasteiger partial charge in [-0.15, -0.1) is 0 Å². The van der Waals surface area contributed by atoms with Crippen molar-refractivity contribution < 1.29 is 14.2 Å². The van der Waals surface area contributed by atoms with Crippen molar-refractivity contribution in [2.24, 2.45) is 5.73 Å². The number of nitrogens with two attached hydrogens (primary N) is 1. The molecule has 0 radical (unpaired) electrons. The van der Waals surface area contributed by atoms with Crippen molar-refractivity contribution in [2.75, 3.05) is 13.3 Å². The number of nitrogens with zero attached hydrogens (tertiary/aromatic N) is 2. The van der Waals surface area contributed by atoms with Gasteiger partial charge in [0.25, 0.3) is 0 Å². The van der Waals surface area contributed by atoms with Crippen LogP contribution < -0.4 is 19.9 Å². The van der Waals surface area contributed by atoms with Crippen LogP contribution in [0.2, 0.25) is 0 Å². The van der Waals surface area contributed by atoms with Gasteiger partial charge >= 0.3 is 0 Å². The summed E-state index contributed by atoms with van der Waals surface area (Å²) in [4.78, 5) is 8.25. The van der Waals surface area contributed by atoms with Gasteiger partial charge in [0.05, 0.1) is 0 Å². The van der Waals surface area contributed by atoms with Crippen LogP contribution in [-0.2, 0) is 13.0 Å². The Kier molecular flexibility index (Phi) is 3.64. The van der Waals surface area contributed by atoms with E-state index in [0.717, 1.165) is 17.1 Å². The SMILES string of the molecule is NCCc1cc2c(cc1OCc1ncccn1)OCO2. The van der Waals surface area contributed by atoms with Crippen LogP contribution in [0, 0.1) is 0 Å². The predicted molar refractivity (Wildman–Crippen MR) is 71.7 cm³/mol. The summed E-state index contributed by atoms with van der Waals surface area (Å²) in [5.41, 5.74) is 6.62. The first-order valence-corrected chi connectivity index (χ1v) is 6.38. The second kappa shape index (κ2) is 5.75. The van der Waals surface area contributed by atoms with Crippen molar-refractivity contribution in [2.45, 2.75) is 13.0 Å². The fourth-order valence-electron chi connectivity index (χ4n) is 2.00. The van der Waals surface area contributed by atoms with E-state index in [1.807, 2.05) is 12.1 Å². The van der Waals surface area contributed by atoms with Gasteiger partial charge in [-0.3, -0.25) is 0 Å². The molecule has 1 aromatic carbocycles. The number of rotatable bonds is 5. The Bertz CT molecular complexity index is 590. The van der Waals surface area contributed by atoms with Crippen molar-refractivity contribution in [1.82, 2.24) is 9.97 Å². The lowest BCUT2D eigenvalue weighted by Crippen LogP contribution is -2.06. The molecule has 0 fully saturated rings. The van der Waals surface area contributed by atoms with E-state index in [9.17, 15) is 0 Å². The fourth-order valence-corrected chi connectivity index (χ4v) is 2.00. The Morgan fingerprint density at radius 3 is 2.65 bits per heavy atom. The molecule has 0 spiro atoms. The van der Waals surface area contributed by atoms with Crippen molar-refractivity contribution in [3.63, 3.8) is 0 Å². The molecule has 6 nitrogen and oxygen atoms in total. The molecule has 0 aliphatic carbocycles. The minimum atomic E-state index is 0.239. The highest BCUT2D eigenvalue weighted by molar-refractivity contribution is 5.52. The molecule has 1 aromatic heterocycles. The number of hydrogen-bond donors (Lipinski definition) is 1. The number of benzene rings is 1. The average Bonchev–Trinajstić information content (AvgIpc) is 2.93. The molecular weight excluding hydrogens is 258 g/mol. The van der Waals surface area contributed by atoms with E-state index in [2.05, 4.69) is 9.97 Å². The summed E-state index contributed by atoms with van der Waals surface area (Å²) in [6.45, 7) is 1.08. The van der Waals surface area contributed by atoms with Crippen molar-refractivity contribution in [1.29, 1.82) is 0 Å². The fraction of sp³-hybridized carbons (Fsp3) is 0.286. The zero-order chi connectivity index (χ0) is 13.8. The van der Waals surface area contributed by atoms with Crippen molar-refractivity contribution >= 4 is 0 Å². The molecule has 0 bridgehead atoms. The summed E-state index contributed by atoms with van der Waals surface area (Å²) >= 11 is 0. The average molecular weight is 273 g/mol. The van der Waals surface area contributed by atoms with E-state index < -0.39 is 0 Å². The number of ether oxygens (including phenoxy) is 3. The summed E-state index contributed by atoms with van der Waals surface area (Å²) in [6.07, 6.45) is 4.08. The first kappa shape index (κ1) is 12.7. The van der Waals surface area contributed by atoms with Gasteiger partial charge in [0, 0.05) is 18.5 Å². The second-order valence-corrected chi connectivity index (χ2v) is 4.31. The maximum atomic E-state index is 5.78. The highest BCUT2D eigenvalue weighted by Gasteiger charge is 2.18. The standard InChI is InChI=1S/C14H15N3O3/c15-3-2-10-6-12-13(20-9-19-12)7-11(10)18-8-14-16-4-1-5-17-14/h1,4-7H,2-3,8-9,15H2. The maximum absolute atomic E-state index is 5.78. The Balaban J connectivity index is 1.80. The van der Waals surface area contributed by atoms with Gasteiger partial charge in [0.15, 0.2) is 17.3 Å². The van der Waals surface area contributed by atoms with Gasteiger partial charge in [-0.05, 0) is 30.7 Å². The van der Waals surface area contributed by atoms with Gasteiger partial charge in [-0.1, -0.05) is 0 Å². The molecule has 0 atom stereocenters. The molecule has 20 heavy (non-hydrogen) atoms. The highest BCUT2D eigenvalue weighted by Crippen LogP contribution is 2.38. The van der Waals surface area contributed by atoms with E-state index in [-0.39, 0.29) is 6.79 Å². The third-order valence-electron chi connectivity index (χ3n) is 2.95. The van der Waals surface area contributed by atoms with Crippen LogP contribution in [-0.4, -0.2) is 23.3 Å². The summed E-state index contributed by atoms with van der Waals surface area (Å²) in [5, 5.41) is 0. The van der Waals surface area contributed by atoms with Crippen LogP contribution in [0.4, 0.5) is 0 Å². The molecule has 0 saturated heterocycles. The van der Waals surface area contributed by atoms with Crippen LogP contribution in [0.25, 0.3) is 0 Å². The first-order valence-electron chi connectivity index (χ1n) is 6.38. The largest absolute Gasteiger partial charge is 0.485 e. The zero-order valence-corrected chi connectivity index (χ0v) is 10.9. The second-order valence-electron chi connectivity index (χ2n) is 4.31. The minimum Gasteiger partial charge on any atom is -0.485 e. The lowest BCUT2D eigenvalue weighted by atomic mass is 10.1. The maximum Gasteiger partial charge on any atom is 0.231 e. The molecule has 104 valence electrons. The first-order chi connectivity index (χ1) is 9.86. The summed E-state index contributed by atoms with van der Waals surface area (Å²) in [6, 6.07) is 5.51. The van der Waals surface area contributed by atoms with Crippen LogP contribution >= 0.6 is 0 Å². The van der Waals surface area contributed by atoms with Crippen molar-refractivity contribution in [3.05, 3.63) is 42.0 Å². The van der Waals surface area contributed by atoms with Gasteiger partial charge < -0.3 is 19.9 Å². The van der Waals surface area contributed by atoms with Crippen LogP contribution in [0.1, 0.15) is 11.4 Å². The topological polar surface area (TPSA) is 79.5 Å². The quantitative estimate of drug-likeness (QED) is 0.884. The van der Waals surface area contributed by atoms with Gasteiger partial charge in [-0.25, -0.2) is 9.97 Å². The van der Waals surface area contributed by atoms with Crippen molar-refractivity contribution in [3.8, 4) is 17.2 Å². The molecule has 2 N–H and O–H groups in total. The van der Waals surface area contributed by atoms with Crippen LogP contribution in [0.5, 0.6) is 17.2 Å². The third-order valence-corrected chi connectivity index (χ3v) is 2.95. The molecular formula is C14H15N3O3. The van der Waals surface area contributed by atoms with E-state index in [0.29, 0.717) is 31.1 Å². The minimum absolute atomic E-state index is 0.239. The normalized spacial score (nSPS) is 12.4. The van der Waals surface area contributed by atoms with E-state index in [1.165, 1.54) is 0 Å². The van der Waals surface area contributed by atoms with Gasteiger partial charge in [0.1, 0.15) is 12.4 Å².